The molecule has 3 atom stereocenters. The molecular weight excluding hydrogens is 929 g/mol. The van der Waals surface area contributed by atoms with Crippen molar-refractivity contribution in [1.82, 2.24) is 20.4 Å². The lowest BCUT2D eigenvalue weighted by molar-refractivity contribution is -0.161. The second-order valence-corrected chi connectivity index (χ2v) is 18.9. The Morgan fingerprint density at radius 2 is 1.11 bits per heavy atom. The summed E-state index contributed by atoms with van der Waals surface area (Å²) in [6.07, 6.45) is -2.70. The number of hydrogen-bond donors (Lipinski definition) is 4. The van der Waals surface area contributed by atoms with Gasteiger partial charge in [0.05, 0.1) is 19.3 Å². The summed E-state index contributed by atoms with van der Waals surface area (Å²) < 4.78 is 53.3. The van der Waals surface area contributed by atoms with Crippen LogP contribution >= 0.6 is 0 Å². The van der Waals surface area contributed by atoms with E-state index >= 15 is 0 Å². The summed E-state index contributed by atoms with van der Waals surface area (Å²) in [5.41, 5.74) is 1.49. The van der Waals surface area contributed by atoms with E-state index in [4.69, 9.17) is 34.5 Å². The number of amides is 4. The third kappa shape index (κ3) is 15.6. The molecule has 3 aliphatic heterocycles. The van der Waals surface area contributed by atoms with Gasteiger partial charge >= 0.3 is 30.3 Å². The first kappa shape index (κ1) is 52.0. The average Bonchev–Trinajstić information content (AvgIpc) is 3.88. The fourth-order valence-corrected chi connectivity index (χ4v) is 7.61. The molecule has 4 amide bonds. The van der Waals surface area contributed by atoms with Crippen molar-refractivity contribution in [2.24, 2.45) is 0 Å². The zero-order chi connectivity index (χ0) is 50.6. The molecule has 3 heterocycles. The number of rotatable bonds is 13. The Labute approximate surface area is 405 Å². The van der Waals surface area contributed by atoms with Gasteiger partial charge in [-0.05, 0) is 100 Å². The first-order valence-corrected chi connectivity index (χ1v) is 24.0. The highest BCUT2D eigenvalue weighted by Gasteiger charge is 2.36. The van der Waals surface area contributed by atoms with Crippen molar-refractivity contribution >= 4 is 63.5 Å². The zero-order valence-electron chi connectivity index (χ0n) is 39.3. The van der Waals surface area contributed by atoms with Crippen molar-refractivity contribution in [1.29, 1.82) is 10.8 Å². The van der Waals surface area contributed by atoms with E-state index in [-0.39, 0.29) is 42.9 Å². The van der Waals surface area contributed by atoms with Gasteiger partial charge in [0.2, 0.25) is 0 Å². The van der Waals surface area contributed by atoms with Crippen LogP contribution in [0.1, 0.15) is 38.8 Å². The van der Waals surface area contributed by atoms with Gasteiger partial charge in [0, 0.05) is 55.2 Å². The number of ether oxygens (including phenoxy) is 5. The SMILES string of the molecule is CC(C(=O)OC(C)(C)C)N1CCN(CC2CN(c3ccc(C(=N)NC(=O)Oc4ccccc4)cc3)C(=O)O2)CC1.CS(=O)(=O)OCC1CN(c2ccc(C(=N)NC(=O)Oc3ccccc3)cc2)C(=O)O1. The Hall–Kier alpha value is -7.40. The molecule has 0 radical (unpaired) electrons. The zero-order valence-corrected chi connectivity index (χ0v) is 40.1. The summed E-state index contributed by atoms with van der Waals surface area (Å²) in [6.45, 7) is 11.3. The van der Waals surface area contributed by atoms with Gasteiger partial charge in [-0.25, -0.2) is 19.2 Å². The lowest BCUT2D eigenvalue weighted by atomic mass is 10.1. The molecular formula is C48H56N8O13S. The minimum absolute atomic E-state index is 0.116. The number of nitrogens with zero attached hydrogens (tertiary/aromatic N) is 4. The van der Waals surface area contributed by atoms with E-state index in [1.807, 2.05) is 33.8 Å². The molecule has 70 heavy (non-hydrogen) atoms. The van der Waals surface area contributed by atoms with E-state index in [1.165, 1.54) is 4.90 Å². The van der Waals surface area contributed by atoms with Crippen molar-refractivity contribution in [2.45, 2.75) is 51.5 Å². The third-order valence-corrected chi connectivity index (χ3v) is 11.2. The van der Waals surface area contributed by atoms with Gasteiger partial charge in [-0.3, -0.25) is 50.0 Å². The van der Waals surface area contributed by atoms with Crippen LogP contribution in [-0.2, 0) is 33.3 Å². The average molecular weight is 985 g/mol. The summed E-state index contributed by atoms with van der Waals surface area (Å²) >= 11 is 0. The standard InChI is InChI=1S/C29H37N5O6.C19H19N3O7S/c1-20(26(35)40-29(2,3)4)33-16-14-32(15-17-33)18-24-19-34(28(37)39-24)22-12-10-21(11-13-22)25(30)31-27(36)38-23-8-6-5-7-9-23;1-30(25,26)27-12-16-11-22(19(24)29-16)14-9-7-13(8-10-14)17(20)21-18(23)28-15-5-3-2-4-6-15/h5-13,20,24H,14-19H2,1-4H3,(H2,30,31,36);2-10,16H,11-12H2,1H3,(H2,20,21,23). The predicted octanol–water partition coefficient (Wildman–Crippen LogP) is 5.58. The molecule has 4 aromatic carbocycles. The van der Waals surface area contributed by atoms with Gasteiger partial charge in [-0.2, -0.15) is 8.42 Å². The number of benzene rings is 4. The number of esters is 1. The van der Waals surface area contributed by atoms with Crippen LogP contribution in [0, 0.1) is 10.8 Å². The molecule has 0 aromatic heterocycles. The molecule has 0 aliphatic carbocycles. The maximum Gasteiger partial charge on any atom is 0.418 e. The first-order chi connectivity index (χ1) is 33.2. The van der Waals surface area contributed by atoms with Gasteiger partial charge in [-0.1, -0.05) is 36.4 Å². The van der Waals surface area contributed by atoms with Crippen LogP contribution in [-0.4, -0.2) is 143 Å². The van der Waals surface area contributed by atoms with E-state index in [2.05, 4.69) is 24.6 Å². The summed E-state index contributed by atoms with van der Waals surface area (Å²) in [5.74, 6) is 0.216. The third-order valence-electron chi connectivity index (χ3n) is 10.7. The van der Waals surface area contributed by atoms with E-state index in [0.29, 0.717) is 47.1 Å². The predicted molar refractivity (Wildman–Crippen MR) is 257 cm³/mol. The van der Waals surface area contributed by atoms with Gasteiger partial charge in [0.1, 0.15) is 53.6 Å². The number of nitrogens with one attached hydrogen (secondary N) is 4. The maximum absolute atomic E-state index is 12.6. The Bertz CT molecular complexity index is 2610. The molecule has 372 valence electrons. The Morgan fingerprint density at radius 1 is 0.686 bits per heavy atom. The fraction of sp³-hybridized carbons (Fsp3) is 0.354. The van der Waals surface area contributed by atoms with Crippen LogP contribution in [0.15, 0.2) is 109 Å². The van der Waals surface area contributed by atoms with E-state index in [0.717, 1.165) is 32.4 Å². The number of para-hydroxylation sites is 2. The van der Waals surface area contributed by atoms with Crippen LogP contribution in [0.5, 0.6) is 11.5 Å². The smallest absolute Gasteiger partial charge is 0.418 e. The molecule has 22 heteroatoms. The van der Waals surface area contributed by atoms with Crippen LogP contribution in [0.3, 0.4) is 0 Å². The highest BCUT2D eigenvalue weighted by molar-refractivity contribution is 7.86. The minimum Gasteiger partial charge on any atom is -0.459 e. The molecule has 0 spiro atoms. The van der Waals surface area contributed by atoms with Gasteiger partial charge in [0.25, 0.3) is 10.1 Å². The second kappa shape index (κ2) is 23.3. The monoisotopic (exact) mass is 984 g/mol. The van der Waals surface area contributed by atoms with E-state index in [1.54, 1.807) is 108 Å². The lowest BCUT2D eigenvalue weighted by Gasteiger charge is -2.38. The van der Waals surface area contributed by atoms with Gasteiger partial charge in [-0.15, -0.1) is 0 Å². The van der Waals surface area contributed by atoms with E-state index in [9.17, 15) is 32.4 Å². The Kier molecular flexibility index (Phi) is 17.3. The highest BCUT2D eigenvalue weighted by Crippen LogP contribution is 2.25. The summed E-state index contributed by atoms with van der Waals surface area (Å²) in [5, 5.41) is 20.9. The number of carbonyl (C=O) groups excluding carboxylic acids is 5. The first-order valence-electron chi connectivity index (χ1n) is 22.2. The maximum atomic E-state index is 12.6. The summed E-state index contributed by atoms with van der Waals surface area (Å²) in [4.78, 5) is 68.3. The van der Waals surface area contributed by atoms with Crippen LogP contribution in [0.2, 0.25) is 0 Å². The molecule has 3 saturated heterocycles. The van der Waals surface area contributed by atoms with Crippen LogP contribution in [0.4, 0.5) is 30.6 Å². The van der Waals surface area contributed by atoms with Crippen molar-refractivity contribution in [3.63, 3.8) is 0 Å². The number of carbonyl (C=O) groups is 5. The van der Waals surface area contributed by atoms with Gasteiger partial charge < -0.3 is 23.7 Å². The van der Waals surface area contributed by atoms with Crippen LogP contribution < -0.4 is 29.9 Å². The molecule has 3 aliphatic rings. The molecule has 3 unspecified atom stereocenters. The Morgan fingerprint density at radius 3 is 1.54 bits per heavy atom. The highest BCUT2D eigenvalue weighted by atomic mass is 32.2. The van der Waals surface area contributed by atoms with Gasteiger partial charge in [0.15, 0.2) is 0 Å². The minimum atomic E-state index is -3.63. The number of anilines is 2. The molecule has 3 fully saturated rings. The summed E-state index contributed by atoms with van der Waals surface area (Å²) in [6, 6.07) is 29.7. The Balaban J connectivity index is 0.000000239. The van der Waals surface area contributed by atoms with E-state index < -0.39 is 46.2 Å². The lowest BCUT2D eigenvalue weighted by Crippen LogP contribution is -2.54. The second-order valence-electron chi connectivity index (χ2n) is 17.3. The molecule has 4 N–H and O–H groups in total. The number of hydrogen-bond acceptors (Lipinski definition) is 17. The molecule has 7 rings (SSSR count). The van der Waals surface area contributed by atoms with Crippen molar-refractivity contribution < 1.29 is 60.3 Å². The molecule has 0 saturated carbocycles. The molecule has 4 aromatic rings. The molecule has 21 nitrogen and oxygen atoms in total. The normalized spacial score (nSPS) is 17.8. The van der Waals surface area contributed by atoms with Crippen molar-refractivity contribution in [3.05, 3.63) is 120 Å². The number of piperazine rings is 1. The largest absolute Gasteiger partial charge is 0.459 e. The van der Waals surface area contributed by atoms with Crippen molar-refractivity contribution in [3.8, 4) is 11.5 Å². The topological polar surface area (TPSA) is 260 Å². The molecule has 0 bridgehead atoms. The summed E-state index contributed by atoms with van der Waals surface area (Å²) in [7, 11) is -3.63. The number of cyclic esters (lactones) is 2. The quantitative estimate of drug-likeness (QED) is 0.0419. The number of amidine groups is 2. The van der Waals surface area contributed by atoms with Crippen molar-refractivity contribution in [2.75, 3.05) is 68.5 Å². The fourth-order valence-electron chi connectivity index (χ4n) is 7.21. The van der Waals surface area contributed by atoms with Crippen LogP contribution in [0.25, 0.3) is 0 Å².